The highest BCUT2D eigenvalue weighted by molar-refractivity contribution is 5.97. The molecule has 2 aromatic carbocycles. The lowest BCUT2D eigenvalue weighted by molar-refractivity contribution is -0.115. The summed E-state index contributed by atoms with van der Waals surface area (Å²) in [6.45, 7) is 1.85. The highest BCUT2D eigenvalue weighted by Crippen LogP contribution is 2.18. The molecule has 114 valence electrons. The van der Waals surface area contributed by atoms with Crippen LogP contribution >= 0.6 is 0 Å². The van der Waals surface area contributed by atoms with Gasteiger partial charge in [0, 0.05) is 11.3 Å². The van der Waals surface area contributed by atoms with Gasteiger partial charge in [0.15, 0.2) is 0 Å². The number of carbonyl (C=O) groups excluding carboxylic acids is 2. The van der Waals surface area contributed by atoms with E-state index in [1.54, 1.807) is 25.3 Å². The van der Waals surface area contributed by atoms with E-state index in [9.17, 15) is 9.59 Å². The molecule has 2 aromatic rings. The first kappa shape index (κ1) is 15.6. The number of aryl methyl sites for hydroxylation is 1. The van der Waals surface area contributed by atoms with Crippen LogP contribution in [0.4, 0.5) is 5.69 Å². The molecule has 5 nitrogen and oxygen atoms in total. The first-order valence-electron chi connectivity index (χ1n) is 6.83. The van der Waals surface area contributed by atoms with E-state index in [1.165, 1.54) is 0 Å². The predicted octanol–water partition coefficient (Wildman–Crippen LogP) is 2.28. The van der Waals surface area contributed by atoms with Crippen molar-refractivity contribution in [1.29, 1.82) is 0 Å². The van der Waals surface area contributed by atoms with E-state index < -0.39 is 5.91 Å². The molecule has 0 spiro atoms. The van der Waals surface area contributed by atoms with Gasteiger partial charge in [-0.1, -0.05) is 18.2 Å². The van der Waals surface area contributed by atoms with Crippen LogP contribution in [0, 0.1) is 6.92 Å². The molecule has 0 heterocycles. The van der Waals surface area contributed by atoms with Crippen molar-refractivity contribution in [1.82, 2.24) is 0 Å². The molecule has 0 bridgehead atoms. The topological polar surface area (TPSA) is 81.4 Å². The number of ether oxygens (including phenoxy) is 1. The van der Waals surface area contributed by atoms with Gasteiger partial charge in [-0.25, -0.2) is 0 Å². The summed E-state index contributed by atoms with van der Waals surface area (Å²) in [5.41, 5.74) is 7.92. The zero-order valence-corrected chi connectivity index (χ0v) is 12.6. The number of primary amides is 1. The molecule has 0 aliphatic rings. The third-order valence-electron chi connectivity index (χ3n) is 3.30. The zero-order chi connectivity index (χ0) is 16.1. The minimum Gasteiger partial charge on any atom is -0.497 e. The van der Waals surface area contributed by atoms with Gasteiger partial charge in [-0.15, -0.1) is 0 Å². The van der Waals surface area contributed by atoms with Crippen LogP contribution in [-0.2, 0) is 11.2 Å². The maximum absolute atomic E-state index is 12.1. The predicted molar refractivity (Wildman–Crippen MR) is 85.0 cm³/mol. The molecule has 3 N–H and O–H groups in total. The summed E-state index contributed by atoms with van der Waals surface area (Å²) in [4.78, 5) is 23.4. The Bertz CT molecular complexity index is 711. The molecule has 0 aromatic heterocycles. The summed E-state index contributed by atoms with van der Waals surface area (Å²) >= 11 is 0. The third-order valence-corrected chi connectivity index (χ3v) is 3.30. The summed E-state index contributed by atoms with van der Waals surface area (Å²) in [7, 11) is 1.58. The molecule has 0 radical (unpaired) electrons. The molecule has 5 heteroatoms. The lowest BCUT2D eigenvalue weighted by Gasteiger charge is -2.10. The van der Waals surface area contributed by atoms with Crippen molar-refractivity contribution in [3.05, 3.63) is 59.2 Å². The molecule has 22 heavy (non-hydrogen) atoms. The fourth-order valence-electron chi connectivity index (χ4n) is 2.07. The van der Waals surface area contributed by atoms with Crippen LogP contribution in [0.2, 0.25) is 0 Å². The Balaban J connectivity index is 2.11. The monoisotopic (exact) mass is 298 g/mol. The summed E-state index contributed by atoms with van der Waals surface area (Å²) in [6.07, 6.45) is 0.220. The molecule has 0 atom stereocenters. The minimum absolute atomic E-state index is 0.169. The number of methoxy groups -OCH3 is 1. The zero-order valence-electron chi connectivity index (χ0n) is 12.6. The summed E-state index contributed by atoms with van der Waals surface area (Å²) in [6, 6.07) is 12.3. The van der Waals surface area contributed by atoms with Crippen LogP contribution in [0.3, 0.4) is 0 Å². The van der Waals surface area contributed by atoms with Gasteiger partial charge >= 0.3 is 0 Å². The van der Waals surface area contributed by atoms with E-state index >= 15 is 0 Å². The Morgan fingerprint density at radius 1 is 1.18 bits per heavy atom. The summed E-state index contributed by atoms with van der Waals surface area (Å²) < 4.78 is 5.13. The molecule has 0 aliphatic heterocycles. The highest BCUT2D eigenvalue weighted by atomic mass is 16.5. The summed E-state index contributed by atoms with van der Waals surface area (Å²) in [5, 5.41) is 2.80. The molecule has 2 amide bonds. The van der Waals surface area contributed by atoms with Gasteiger partial charge < -0.3 is 15.8 Å². The van der Waals surface area contributed by atoms with Crippen molar-refractivity contribution in [2.45, 2.75) is 13.3 Å². The number of anilines is 1. The van der Waals surface area contributed by atoms with Crippen LogP contribution in [0.25, 0.3) is 0 Å². The quantitative estimate of drug-likeness (QED) is 0.888. The van der Waals surface area contributed by atoms with Gasteiger partial charge in [-0.2, -0.15) is 0 Å². The van der Waals surface area contributed by atoms with Gasteiger partial charge in [0.1, 0.15) is 5.75 Å². The van der Waals surface area contributed by atoms with E-state index in [0.717, 1.165) is 11.1 Å². The second kappa shape index (κ2) is 6.76. The molecule has 0 saturated carbocycles. The van der Waals surface area contributed by atoms with Crippen LogP contribution in [0.15, 0.2) is 42.5 Å². The Morgan fingerprint density at radius 3 is 2.64 bits per heavy atom. The lowest BCUT2D eigenvalue weighted by Crippen LogP contribution is -2.17. The molecule has 2 rings (SSSR count). The van der Waals surface area contributed by atoms with Crippen molar-refractivity contribution < 1.29 is 14.3 Å². The minimum atomic E-state index is -0.525. The second-order valence-corrected chi connectivity index (χ2v) is 4.97. The summed E-state index contributed by atoms with van der Waals surface area (Å²) in [5.74, 6) is 0.0125. The number of carbonyl (C=O) groups is 2. The number of hydrogen-bond donors (Lipinski definition) is 2. The van der Waals surface area contributed by atoms with E-state index in [4.69, 9.17) is 10.5 Å². The smallest absolute Gasteiger partial charge is 0.248 e. The van der Waals surface area contributed by atoms with E-state index in [1.807, 2.05) is 31.2 Å². The van der Waals surface area contributed by atoms with Crippen LogP contribution < -0.4 is 15.8 Å². The molecule has 0 aliphatic carbocycles. The Labute approximate surface area is 129 Å². The van der Waals surface area contributed by atoms with E-state index in [2.05, 4.69) is 5.32 Å². The maximum Gasteiger partial charge on any atom is 0.248 e. The van der Waals surface area contributed by atoms with Gasteiger partial charge in [-0.05, 0) is 42.3 Å². The molecule has 0 saturated heterocycles. The van der Waals surface area contributed by atoms with Crippen molar-refractivity contribution >= 4 is 17.5 Å². The number of benzene rings is 2. The second-order valence-electron chi connectivity index (χ2n) is 4.97. The number of amides is 2. The molecular formula is C17H18N2O3. The highest BCUT2D eigenvalue weighted by Gasteiger charge is 2.09. The SMILES string of the molecule is COc1cccc(CC(=O)Nc2cc(C(N)=O)ccc2C)c1. The van der Waals surface area contributed by atoms with Crippen LogP contribution in [0.1, 0.15) is 21.5 Å². The first-order chi connectivity index (χ1) is 10.5. The Kier molecular flexibility index (Phi) is 4.78. The standard InChI is InChI=1S/C17H18N2O3/c1-11-6-7-13(17(18)21)10-15(11)19-16(20)9-12-4-3-5-14(8-12)22-2/h3-8,10H,9H2,1-2H3,(H2,18,21)(H,19,20). The van der Waals surface area contributed by atoms with Gasteiger partial charge in [0.2, 0.25) is 11.8 Å². The van der Waals surface area contributed by atoms with E-state index in [-0.39, 0.29) is 12.3 Å². The normalized spacial score (nSPS) is 10.1. The average Bonchev–Trinajstić information content (AvgIpc) is 2.49. The van der Waals surface area contributed by atoms with Crippen molar-refractivity contribution in [2.24, 2.45) is 5.73 Å². The molecule has 0 fully saturated rings. The van der Waals surface area contributed by atoms with Gasteiger partial charge in [0.05, 0.1) is 13.5 Å². The average molecular weight is 298 g/mol. The van der Waals surface area contributed by atoms with Gasteiger partial charge in [0.25, 0.3) is 0 Å². The number of nitrogens with one attached hydrogen (secondary N) is 1. The van der Waals surface area contributed by atoms with Crippen LogP contribution in [0.5, 0.6) is 5.75 Å². The van der Waals surface area contributed by atoms with Crippen molar-refractivity contribution in [3.63, 3.8) is 0 Å². The Morgan fingerprint density at radius 2 is 1.95 bits per heavy atom. The Hall–Kier alpha value is -2.82. The fraction of sp³-hybridized carbons (Fsp3) is 0.176. The van der Waals surface area contributed by atoms with Gasteiger partial charge in [-0.3, -0.25) is 9.59 Å². The van der Waals surface area contributed by atoms with Crippen LogP contribution in [-0.4, -0.2) is 18.9 Å². The number of hydrogen-bond acceptors (Lipinski definition) is 3. The van der Waals surface area contributed by atoms with E-state index in [0.29, 0.717) is 17.0 Å². The molecule has 0 unspecified atom stereocenters. The fourth-order valence-corrected chi connectivity index (χ4v) is 2.07. The van der Waals surface area contributed by atoms with Crippen molar-refractivity contribution in [2.75, 3.05) is 12.4 Å². The maximum atomic E-state index is 12.1. The third kappa shape index (κ3) is 3.85. The number of rotatable bonds is 5. The number of nitrogens with two attached hydrogens (primary N) is 1. The van der Waals surface area contributed by atoms with Crippen molar-refractivity contribution in [3.8, 4) is 5.75 Å². The largest absolute Gasteiger partial charge is 0.497 e. The molecular weight excluding hydrogens is 280 g/mol. The first-order valence-corrected chi connectivity index (χ1v) is 6.83. The lowest BCUT2D eigenvalue weighted by atomic mass is 10.1.